The van der Waals surface area contributed by atoms with Gasteiger partial charge in [0.25, 0.3) is 0 Å². The highest BCUT2D eigenvalue weighted by Crippen LogP contribution is 2.28. The normalized spacial score (nSPS) is 13.5. The topological polar surface area (TPSA) is 71.4 Å². The van der Waals surface area contributed by atoms with E-state index in [2.05, 4.69) is 5.10 Å². The Kier molecular flexibility index (Phi) is 5.11. The molecule has 6 heteroatoms. The van der Waals surface area contributed by atoms with Gasteiger partial charge in [0.05, 0.1) is 32.9 Å². The summed E-state index contributed by atoms with van der Waals surface area (Å²) in [4.78, 5) is 12.6. The van der Waals surface area contributed by atoms with E-state index in [1.165, 1.54) is 5.01 Å². The molecule has 136 valence electrons. The van der Waals surface area contributed by atoms with Gasteiger partial charge in [-0.1, -0.05) is 6.07 Å². The second kappa shape index (κ2) is 7.47. The Balaban J connectivity index is 1.73. The van der Waals surface area contributed by atoms with Gasteiger partial charge in [0.15, 0.2) is 11.5 Å². The summed E-state index contributed by atoms with van der Waals surface area (Å²) in [7, 11) is 3.15. The number of carbonyl (C=O) groups is 1. The lowest BCUT2D eigenvalue weighted by Crippen LogP contribution is -2.25. The summed E-state index contributed by atoms with van der Waals surface area (Å²) in [6, 6.07) is 10.8. The number of phenols is 1. The molecule has 0 aliphatic carbocycles. The maximum atomic E-state index is 12.6. The summed E-state index contributed by atoms with van der Waals surface area (Å²) in [5, 5.41) is 15.6. The minimum atomic E-state index is -0.0669. The predicted molar refractivity (Wildman–Crippen MR) is 99.0 cm³/mol. The summed E-state index contributed by atoms with van der Waals surface area (Å²) < 4.78 is 10.5. The van der Waals surface area contributed by atoms with E-state index in [0.29, 0.717) is 24.5 Å². The molecule has 0 unspecified atom stereocenters. The first-order valence-electron chi connectivity index (χ1n) is 8.40. The van der Waals surface area contributed by atoms with E-state index in [-0.39, 0.29) is 18.1 Å². The molecule has 0 radical (unpaired) electrons. The van der Waals surface area contributed by atoms with Gasteiger partial charge in [0.1, 0.15) is 5.75 Å². The molecule has 2 aromatic rings. The van der Waals surface area contributed by atoms with Crippen LogP contribution in [0.5, 0.6) is 17.2 Å². The summed E-state index contributed by atoms with van der Waals surface area (Å²) in [6.07, 6.45) is 0.938. The molecule has 3 rings (SSSR count). The first-order chi connectivity index (χ1) is 12.5. The molecule has 1 amide bonds. The van der Waals surface area contributed by atoms with Crippen molar-refractivity contribution in [2.24, 2.45) is 5.10 Å². The van der Waals surface area contributed by atoms with Gasteiger partial charge in [0.2, 0.25) is 5.91 Å². The number of aryl methyl sites for hydroxylation is 1. The van der Waals surface area contributed by atoms with Crippen LogP contribution in [0.2, 0.25) is 0 Å². The van der Waals surface area contributed by atoms with Gasteiger partial charge >= 0.3 is 0 Å². The van der Waals surface area contributed by atoms with Gasteiger partial charge in [0, 0.05) is 6.42 Å². The summed E-state index contributed by atoms with van der Waals surface area (Å²) in [6.45, 7) is 2.40. The molecule has 0 fully saturated rings. The Morgan fingerprint density at radius 1 is 1.15 bits per heavy atom. The van der Waals surface area contributed by atoms with Gasteiger partial charge in [-0.05, 0) is 53.9 Å². The third kappa shape index (κ3) is 3.64. The van der Waals surface area contributed by atoms with Crippen molar-refractivity contribution in [3.05, 3.63) is 53.1 Å². The van der Waals surface area contributed by atoms with E-state index in [9.17, 15) is 9.90 Å². The number of methoxy groups -OCH3 is 2. The second-order valence-corrected chi connectivity index (χ2v) is 6.18. The maximum Gasteiger partial charge on any atom is 0.247 e. The van der Waals surface area contributed by atoms with Crippen LogP contribution in [0.1, 0.15) is 23.1 Å². The van der Waals surface area contributed by atoms with E-state index in [4.69, 9.17) is 9.47 Å². The quantitative estimate of drug-likeness (QED) is 0.896. The van der Waals surface area contributed by atoms with E-state index in [0.717, 1.165) is 22.4 Å². The molecule has 1 aliphatic rings. The SMILES string of the molecule is COc1ccc(CC(=O)N2CCC(c3ccc(O)c(C)c3)=N2)cc1OC. The van der Waals surface area contributed by atoms with Crippen LogP contribution in [0.25, 0.3) is 0 Å². The molecular weight excluding hydrogens is 332 g/mol. The van der Waals surface area contributed by atoms with Crippen molar-refractivity contribution in [2.45, 2.75) is 19.8 Å². The number of nitrogens with zero attached hydrogens (tertiary/aromatic N) is 2. The number of rotatable bonds is 5. The molecule has 26 heavy (non-hydrogen) atoms. The number of carbonyl (C=O) groups excluding carboxylic acids is 1. The number of phenolic OH excluding ortho intramolecular Hbond substituents is 1. The summed E-state index contributed by atoms with van der Waals surface area (Å²) in [5.74, 6) is 1.42. The maximum absolute atomic E-state index is 12.6. The number of ether oxygens (including phenoxy) is 2. The molecule has 1 aliphatic heterocycles. The monoisotopic (exact) mass is 354 g/mol. The van der Waals surface area contributed by atoms with Crippen LogP contribution in [0, 0.1) is 6.92 Å². The molecular formula is C20H22N2O4. The highest BCUT2D eigenvalue weighted by molar-refractivity contribution is 6.03. The van der Waals surface area contributed by atoms with Gasteiger partial charge < -0.3 is 14.6 Å². The van der Waals surface area contributed by atoms with Crippen LogP contribution in [0.15, 0.2) is 41.5 Å². The Morgan fingerprint density at radius 2 is 1.92 bits per heavy atom. The van der Waals surface area contributed by atoms with Crippen LogP contribution in [-0.2, 0) is 11.2 Å². The fraction of sp³-hybridized carbons (Fsp3) is 0.300. The number of aromatic hydroxyl groups is 1. The third-order valence-corrected chi connectivity index (χ3v) is 4.42. The predicted octanol–water partition coefficient (Wildman–Crippen LogP) is 2.90. The van der Waals surface area contributed by atoms with Crippen LogP contribution < -0.4 is 9.47 Å². The number of hydrogen-bond acceptors (Lipinski definition) is 5. The van der Waals surface area contributed by atoms with Crippen molar-refractivity contribution in [3.8, 4) is 17.2 Å². The Labute approximate surface area is 152 Å². The smallest absolute Gasteiger partial charge is 0.247 e. The summed E-state index contributed by atoms with van der Waals surface area (Å²) in [5.41, 5.74) is 3.42. The molecule has 1 N–H and O–H groups in total. The van der Waals surface area contributed by atoms with E-state index in [1.807, 2.05) is 25.1 Å². The van der Waals surface area contributed by atoms with Crippen molar-refractivity contribution < 1.29 is 19.4 Å². The number of benzene rings is 2. The van der Waals surface area contributed by atoms with Crippen LogP contribution in [0.3, 0.4) is 0 Å². The zero-order chi connectivity index (χ0) is 18.7. The highest BCUT2D eigenvalue weighted by atomic mass is 16.5. The van der Waals surface area contributed by atoms with E-state index >= 15 is 0 Å². The standard InChI is InChI=1S/C20H22N2O4/c1-13-10-15(5-6-17(13)23)16-8-9-22(21-16)20(24)12-14-4-7-18(25-2)19(11-14)26-3/h4-7,10-11,23H,8-9,12H2,1-3H3. The Morgan fingerprint density at radius 3 is 2.62 bits per heavy atom. The van der Waals surface area contributed by atoms with Crippen LogP contribution in [0.4, 0.5) is 0 Å². The molecule has 0 saturated carbocycles. The zero-order valence-corrected chi connectivity index (χ0v) is 15.2. The van der Waals surface area contributed by atoms with Crippen molar-refractivity contribution in [1.82, 2.24) is 5.01 Å². The van der Waals surface area contributed by atoms with E-state index in [1.54, 1.807) is 32.4 Å². The molecule has 0 bridgehead atoms. The Hall–Kier alpha value is -3.02. The van der Waals surface area contributed by atoms with Crippen LogP contribution in [-0.4, -0.2) is 42.5 Å². The first kappa shape index (κ1) is 17.8. The van der Waals surface area contributed by atoms with Crippen molar-refractivity contribution in [3.63, 3.8) is 0 Å². The van der Waals surface area contributed by atoms with Gasteiger partial charge in [-0.2, -0.15) is 5.10 Å². The Bertz CT molecular complexity index is 861. The lowest BCUT2D eigenvalue weighted by atomic mass is 10.0. The van der Waals surface area contributed by atoms with Crippen molar-refractivity contribution >= 4 is 11.6 Å². The first-order valence-corrected chi connectivity index (χ1v) is 8.40. The fourth-order valence-corrected chi connectivity index (χ4v) is 2.93. The molecule has 6 nitrogen and oxygen atoms in total. The lowest BCUT2D eigenvalue weighted by molar-refractivity contribution is -0.130. The lowest BCUT2D eigenvalue weighted by Gasteiger charge is -2.13. The largest absolute Gasteiger partial charge is 0.508 e. The molecule has 0 saturated heterocycles. The second-order valence-electron chi connectivity index (χ2n) is 6.18. The number of amides is 1. The van der Waals surface area contributed by atoms with Gasteiger partial charge in [-0.15, -0.1) is 0 Å². The summed E-state index contributed by atoms with van der Waals surface area (Å²) >= 11 is 0. The van der Waals surface area contributed by atoms with Gasteiger partial charge in [-0.3, -0.25) is 4.79 Å². The average Bonchev–Trinajstić information content (AvgIpc) is 3.14. The number of hydrogen-bond donors (Lipinski definition) is 1. The molecule has 0 aromatic heterocycles. The van der Waals surface area contributed by atoms with E-state index < -0.39 is 0 Å². The van der Waals surface area contributed by atoms with Gasteiger partial charge in [-0.25, -0.2) is 5.01 Å². The minimum absolute atomic E-state index is 0.0669. The number of hydrazone groups is 1. The van der Waals surface area contributed by atoms with Crippen molar-refractivity contribution in [1.29, 1.82) is 0 Å². The molecule has 2 aromatic carbocycles. The zero-order valence-electron chi connectivity index (χ0n) is 15.2. The average molecular weight is 354 g/mol. The fourth-order valence-electron chi connectivity index (χ4n) is 2.93. The third-order valence-electron chi connectivity index (χ3n) is 4.42. The molecule has 0 atom stereocenters. The molecule has 1 heterocycles. The molecule has 0 spiro atoms. The minimum Gasteiger partial charge on any atom is -0.508 e. The highest BCUT2D eigenvalue weighted by Gasteiger charge is 2.22. The van der Waals surface area contributed by atoms with Crippen LogP contribution >= 0.6 is 0 Å². The van der Waals surface area contributed by atoms with Crippen molar-refractivity contribution in [2.75, 3.05) is 20.8 Å².